The number of anilines is 1. The topological polar surface area (TPSA) is 72.5 Å². The number of nitrogens with two attached hydrogens (primary N) is 1. The van der Waals surface area contributed by atoms with Crippen LogP contribution in [0.2, 0.25) is 0 Å². The molecule has 0 amide bonds. The van der Waals surface area contributed by atoms with Crippen LogP contribution in [0.15, 0.2) is 5.38 Å². The zero-order valence-corrected chi connectivity index (χ0v) is 7.35. The summed E-state index contributed by atoms with van der Waals surface area (Å²) in [6, 6.07) is 0. The van der Waals surface area contributed by atoms with Crippen LogP contribution in [0.1, 0.15) is 16.6 Å². The standard InChI is InChI=1S/C7H9NO3S/c1-2-11-7(10)6-5(9)4(8)3-12-6/h3,9H,2,8H2,1H3. The summed E-state index contributed by atoms with van der Waals surface area (Å²) in [4.78, 5) is 11.2. The number of carbonyl (C=O) groups is 1. The van der Waals surface area contributed by atoms with E-state index < -0.39 is 5.97 Å². The van der Waals surface area contributed by atoms with Crippen molar-refractivity contribution >= 4 is 23.0 Å². The molecule has 0 radical (unpaired) electrons. The Hall–Kier alpha value is -1.23. The van der Waals surface area contributed by atoms with E-state index in [9.17, 15) is 9.90 Å². The fraction of sp³-hybridized carbons (Fsp3) is 0.286. The number of esters is 1. The zero-order valence-electron chi connectivity index (χ0n) is 6.53. The molecule has 5 heteroatoms. The summed E-state index contributed by atoms with van der Waals surface area (Å²) in [5.41, 5.74) is 5.54. The van der Waals surface area contributed by atoms with E-state index in [1.807, 2.05) is 0 Å². The fourth-order valence-corrected chi connectivity index (χ4v) is 1.45. The van der Waals surface area contributed by atoms with Crippen LogP contribution < -0.4 is 5.73 Å². The van der Waals surface area contributed by atoms with Crippen LogP contribution in [0.25, 0.3) is 0 Å². The van der Waals surface area contributed by atoms with Crippen LogP contribution in [-0.2, 0) is 4.74 Å². The number of nitrogen functional groups attached to an aromatic ring is 1. The molecular formula is C7H9NO3S. The highest BCUT2D eigenvalue weighted by atomic mass is 32.1. The molecule has 4 nitrogen and oxygen atoms in total. The van der Waals surface area contributed by atoms with Gasteiger partial charge in [-0.15, -0.1) is 11.3 Å². The van der Waals surface area contributed by atoms with Gasteiger partial charge >= 0.3 is 5.97 Å². The van der Waals surface area contributed by atoms with Crippen LogP contribution in [0, 0.1) is 0 Å². The lowest BCUT2D eigenvalue weighted by Gasteiger charge is -1.98. The Morgan fingerprint density at radius 3 is 2.92 bits per heavy atom. The number of hydrogen-bond donors (Lipinski definition) is 2. The molecule has 0 aliphatic rings. The predicted molar refractivity (Wildman–Crippen MR) is 46.4 cm³/mol. The monoisotopic (exact) mass is 187 g/mol. The first-order valence-electron chi connectivity index (χ1n) is 3.39. The number of ether oxygens (including phenoxy) is 1. The Morgan fingerprint density at radius 2 is 2.50 bits per heavy atom. The number of carbonyl (C=O) groups excluding carboxylic acids is 1. The maximum Gasteiger partial charge on any atom is 0.352 e. The molecule has 0 bridgehead atoms. The smallest absolute Gasteiger partial charge is 0.352 e. The van der Waals surface area contributed by atoms with Crippen molar-refractivity contribution in [3.05, 3.63) is 10.3 Å². The van der Waals surface area contributed by atoms with Crippen molar-refractivity contribution in [1.29, 1.82) is 0 Å². The molecule has 0 fully saturated rings. The highest BCUT2D eigenvalue weighted by Crippen LogP contribution is 2.31. The summed E-state index contributed by atoms with van der Waals surface area (Å²) in [6.45, 7) is 1.99. The molecule has 1 rings (SSSR count). The first kappa shape index (κ1) is 8.86. The van der Waals surface area contributed by atoms with Crippen molar-refractivity contribution < 1.29 is 14.6 Å². The molecule has 1 aromatic heterocycles. The van der Waals surface area contributed by atoms with E-state index in [-0.39, 0.29) is 22.9 Å². The molecule has 3 N–H and O–H groups in total. The van der Waals surface area contributed by atoms with Gasteiger partial charge in [-0.3, -0.25) is 0 Å². The van der Waals surface area contributed by atoms with E-state index in [0.717, 1.165) is 11.3 Å². The molecule has 0 aliphatic carbocycles. The third kappa shape index (κ3) is 1.50. The minimum Gasteiger partial charge on any atom is -0.504 e. The van der Waals surface area contributed by atoms with E-state index in [1.165, 1.54) is 5.38 Å². The van der Waals surface area contributed by atoms with E-state index in [0.29, 0.717) is 0 Å². The van der Waals surface area contributed by atoms with Crippen LogP contribution >= 0.6 is 11.3 Å². The van der Waals surface area contributed by atoms with Crippen molar-refractivity contribution in [2.75, 3.05) is 12.3 Å². The molecular weight excluding hydrogens is 178 g/mol. The number of rotatable bonds is 2. The fourth-order valence-electron chi connectivity index (χ4n) is 0.707. The number of aromatic hydroxyl groups is 1. The Labute approximate surface area is 73.6 Å². The lowest BCUT2D eigenvalue weighted by Crippen LogP contribution is -2.02. The largest absolute Gasteiger partial charge is 0.504 e. The summed E-state index contributed by atoms with van der Waals surface area (Å²) in [5.74, 6) is -0.713. The van der Waals surface area contributed by atoms with Gasteiger partial charge in [-0.25, -0.2) is 4.79 Å². The summed E-state index contributed by atoms with van der Waals surface area (Å²) in [5, 5.41) is 10.7. The van der Waals surface area contributed by atoms with Gasteiger partial charge in [-0.05, 0) is 6.92 Å². The van der Waals surface area contributed by atoms with Gasteiger partial charge in [0.2, 0.25) is 0 Å². The first-order chi connectivity index (χ1) is 5.66. The van der Waals surface area contributed by atoms with E-state index in [1.54, 1.807) is 6.92 Å². The van der Waals surface area contributed by atoms with Gasteiger partial charge in [-0.2, -0.15) is 0 Å². The van der Waals surface area contributed by atoms with Gasteiger partial charge in [0.1, 0.15) is 0 Å². The summed E-state index contributed by atoms with van der Waals surface area (Å²) in [7, 11) is 0. The maximum absolute atomic E-state index is 11.1. The molecule has 0 atom stereocenters. The van der Waals surface area contributed by atoms with Crippen LogP contribution in [0.5, 0.6) is 5.75 Å². The number of thiophene rings is 1. The summed E-state index contributed by atoms with van der Waals surface area (Å²) >= 11 is 1.07. The average Bonchev–Trinajstić information content (AvgIpc) is 2.34. The summed E-state index contributed by atoms with van der Waals surface area (Å²) < 4.78 is 4.68. The third-order valence-electron chi connectivity index (χ3n) is 1.25. The summed E-state index contributed by atoms with van der Waals surface area (Å²) in [6.07, 6.45) is 0. The Kier molecular flexibility index (Phi) is 2.54. The molecule has 0 spiro atoms. The third-order valence-corrected chi connectivity index (χ3v) is 2.22. The second-order valence-corrected chi connectivity index (χ2v) is 2.97. The second-order valence-electron chi connectivity index (χ2n) is 2.09. The van der Waals surface area contributed by atoms with Crippen molar-refractivity contribution in [2.45, 2.75) is 6.92 Å². The van der Waals surface area contributed by atoms with E-state index >= 15 is 0 Å². The lowest BCUT2D eigenvalue weighted by atomic mass is 10.4. The molecule has 66 valence electrons. The molecule has 0 saturated heterocycles. The van der Waals surface area contributed by atoms with Crippen LogP contribution in [0.3, 0.4) is 0 Å². The predicted octanol–water partition coefficient (Wildman–Crippen LogP) is 1.21. The molecule has 0 aliphatic heterocycles. The van der Waals surface area contributed by atoms with Gasteiger partial charge in [-0.1, -0.05) is 0 Å². The van der Waals surface area contributed by atoms with Crippen molar-refractivity contribution in [2.24, 2.45) is 0 Å². The minimum atomic E-state index is -0.531. The molecule has 0 aromatic carbocycles. The molecule has 1 aromatic rings. The van der Waals surface area contributed by atoms with E-state index in [4.69, 9.17) is 5.73 Å². The first-order valence-corrected chi connectivity index (χ1v) is 4.27. The zero-order chi connectivity index (χ0) is 9.14. The molecule has 12 heavy (non-hydrogen) atoms. The highest BCUT2D eigenvalue weighted by Gasteiger charge is 2.16. The minimum absolute atomic E-state index is 0.161. The van der Waals surface area contributed by atoms with Crippen molar-refractivity contribution in [3.63, 3.8) is 0 Å². The Morgan fingerprint density at radius 1 is 1.83 bits per heavy atom. The highest BCUT2D eigenvalue weighted by molar-refractivity contribution is 7.12. The van der Waals surface area contributed by atoms with Crippen molar-refractivity contribution in [3.8, 4) is 5.75 Å². The van der Waals surface area contributed by atoms with Gasteiger partial charge in [0.05, 0.1) is 12.3 Å². The number of hydrogen-bond acceptors (Lipinski definition) is 5. The van der Waals surface area contributed by atoms with Crippen LogP contribution in [-0.4, -0.2) is 17.7 Å². The Balaban J connectivity index is 2.88. The van der Waals surface area contributed by atoms with Crippen LogP contribution in [0.4, 0.5) is 5.69 Å². The normalized spacial score (nSPS) is 9.75. The second kappa shape index (κ2) is 3.44. The molecule has 0 unspecified atom stereocenters. The van der Waals surface area contributed by atoms with Gasteiger partial charge in [0, 0.05) is 5.38 Å². The van der Waals surface area contributed by atoms with Gasteiger partial charge in [0.15, 0.2) is 10.6 Å². The molecule has 0 saturated carbocycles. The Bertz CT molecular complexity index is 295. The van der Waals surface area contributed by atoms with Crippen molar-refractivity contribution in [1.82, 2.24) is 0 Å². The SMILES string of the molecule is CCOC(=O)c1scc(N)c1O. The quantitative estimate of drug-likeness (QED) is 0.682. The maximum atomic E-state index is 11.1. The van der Waals surface area contributed by atoms with Gasteiger partial charge < -0.3 is 15.6 Å². The van der Waals surface area contributed by atoms with E-state index in [2.05, 4.69) is 4.74 Å². The lowest BCUT2D eigenvalue weighted by molar-refractivity contribution is 0.0529. The van der Waals surface area contributed by atoms with Gasteiger partial charge in [0.25, 0.3) is 0 Å². The average molecular weight is 187 g/mol. The molecule has 1 heterocycles.